The van der Waals surface area contributed by atoms with Crippen LogP contribution in [0.4, 0.5) is 10.1 Å². The number of halogens is 1. The highest BCUT2D eigenvalue weighted by molar-refractivity contribution is 6.01. The number of nitrogens with zero attached hydrogens (tertiary/aromatic N) is 1. The summed E-state index contributed by atoms with van der Waals surface area (Å²) in [6.45, 7) is 3.37. The second-order valence-electron chi connectivity index (χ2n) is 5.27. The van der Waals surface area contributed by atoms with Gasteiger partial charge < -0.3 is 10.2 Å². The summed E-state index contributed by atoms with van der Waals surface area (Å²) >= 11 is 0. The molecule has 1 fully saturated rings. The van der Waals surface area contributed by atoms with Crippen LogP contribution in [-0.4, -0.2) is 31.2 Å². The van der Waals surface area contributed by atoms with Gasteiger partial charge in [0.25, 0.3) is 5.91 Å². The first-order valence-electron chi connectivity index (χ1n) is 6.42. The maximum absolute atomic E-state index is 14.5. The van der Waals surface area contributed by atoms with Crippen molar-refractivity contribution in [2.75, 3.05) is 24.5 Å². The molecule has 0 spiro atoms. The van der Waals surface area contributed by atoms with Gasteiger partial charge in [0, 0.05) is 31.1 Å². The summed E-state index contributed by atoms with van der Waals surface area (Å²) < 4.78 is 14.5. The van der Waals surface area contributed by atoms with Gasteiger partial charge in [-0.1, -0.05) is 25.1 Å². The number of rotatable bonds is 1. The summed E-state index contributed by atoms with van der Waals surface area (Å²) in [6, 6.07) is 7.79. The van der Waals surface area contributed by atoms with Crippen molar-refractivity contribution in [1.29, 1.82) is 0 Å². The molecule has 1 amide bonds. The van der Waals surface area contributed by atoms with E-state index in [4.69, 9.17) is 0 Å². The summed E-state index contributed by atoms with van der Waals surface area (Å²) in [5.41, 5.74) is 0.288. The lowest BCUT2D eigenvalue weighted by atomic mass is 10.0. The largest absolute Gasteiger partial charge is 0.313 e. The Bertz CT molecular complexity index is 482. The number of hydrogen-bond donors (Lipinski definition) is 1. The van der Waals surface area contributed by atoms with E-state index in [0.717, 1.165) is 11.3 Å². The average molecular weight is 248 g/mol. The third kappa shape index (κ3) is 1.63. The number of fused-ring (bicyclic) bond motifs is 1. The molecule has 2 aliphatic rings. The fraction of sp³-hybridized carbons (Fsp3) is 0.500. The Hall–Kier alpha value is -1.42. The van der Waals surface area contributed by atoms with Gasteiger partial charge in [0.05, 0.1) is 0 Å². The molecule has 0 aliphatic carbocycles. The number of amides is 1. The topological polar surface area (TPSA) is 32.3 Å². The Kier molecular flexibility index (Phi) is 2.63. The van der Waals surface area contributed by atoms with E-state index in [0.29, 0.717) is 13.1 Å². The van der Waals surface area contributed by atoms with Gasteiger partial charge in [0.1, 0.15) is 0 Å². The van der Waals surface area contributed by atoms with Crippen molar-refractivity contribution in [1.82, 2.24) is 5.32 Å². The molecule has 2 atom stereocenters. The van der Waals surface area contributed by atoms with Crippen molar-refractivity contribution in [3.63, 3.8) is 0 Å². The molecule has 3 rings (SSSR count). The molecule has 18 heavy (non-hydrogen) atoms. The number of carbonyl (C=O) groups is 1. The second-order valence-corrected chi connectivity index (χ2v) is 5.27. The summed E-state index contributed by atoms with van der Waals surface area (Å²) in [4.78, 5) is 14.0. The normalized spacial score (nSPS) is 30.6. The smallest absolute Gasteiger partial charge is 0.266 e. The molecule has 1 aromatic carbocycles. The zero-order valence-corrected chi connectivity index (χ0v) is 10.4. The fourth-order valence-corrected chi connectivity index (χ4v) is 2.90. The van der Waals surface area contributed by atoms with Crippen LogP contribution in [0.15, 0.2) is 24.3 Å². The Morgan fingerprint density at radius 1 is 1.50 bits per heavy atom. The van der Waals surface area contributed by atoms with Crippen molar-refractivity contribution in [3.8, 4) is 0 Å². The lowest BCUT2D eigenvalue weighted by molar-refractivity contribution is -0.128. The number of hydrogen-bond acceptors (Lipinski definition) is 2. The maximum atomic E-state index is 14.5. The van der Waals surface area contributed by atoms with E-state index in [-0.39, 0.29) is 24.8 Å². The molecule has 1 saturated heterocycles. The zero-order valence-electron chi connectivity index (χ0n) is 10.4. The molecule has 0 saturated carbocycles. The highest BCUT2D eigenvalue weighted by Crippen LogP contribution is 2.38. The molecule has 0 bridgehead atoms. The van der Waals surface area contributed by atoms with Crippen LogP contribution in [0.3, 0.4) is 0 Å². The van der Waals surface area contributed by atoms with Gasteiger partial charge in [-0.2, -0.15) is 0 Å². The molecule has 1 N–H and O–H groups in total. The average Bonchev–Trinajstić information content (AvgIpc) is 2.95. The molecule has 96 valence electrons. The van der Waals surface area contributed by atoms with Crippen LogP contribution in [0.5, 0.6) is 0 Å². The third-order valence-electron chi connectivity index (χ3n) is 3.95. The lowest BCUT2D eigenvalue weighted by Gasteiger charge is -2.25. The van der Waals surface area contributed by atoms with Gasteiger partial charge in [-0.15, -0.1) is 0 Å². The van der Waals surface area contributed by atoms with Crippen molar-refractivity contribution in [2.45, 2.75) is 24.9 Å². The van der Waals surface area contributed by atoms with E-state index in [2.05, 4.69) is 12.2 Å². The first kappa shape index (κ1) is 11.7. The van der Waals surface area contributed by atoms with Crippen molar-refractivity contribution < 1.29 is 9.18 Å². The van der Waals surface area contributed by atoms with Gasteiger partial charge in [0.15, 0.2) is 0 Å². The highest BCUT2D eigenvalue weighted by atomic mass is 19.1. The number of para-hydroxylation sites is 1. The predicted molar refractivity (Wildman–Crippen MR) is 68.5 cm³/mol. The summed E-state index contributed by atoms with van der Waals surface area (Å²) in [5.74, 6) is -0.104. The predicted octanol–water partition coefficient (Wildman–Crippen LogP) is 1.84. The molecular formula is C14H17FN2O. The summed E-state index contributed by atoms with van der Waals surface area (Å²) in [7, 11) is 0. The van der Waals surface area contributed by atoms with Crippen molar-refractivity contribution in [3.05, 3.63) is 29.8 Å². The molecule has 0 radical (unpaired) electrons. The van der Waals surface area contributed by atoms with E-state index in [1.54, 1.807) is 4.90 Å². The minimum Gasteiger partial charge on any atom is -0.313 e. The quantitative estimate of drug-likeness (QED) is 0.822. The van der Waals surface area contributed by atoms with Crippen LogP contribution in [-0.2, 0) is 4.79 Å². The fourth-order valence-electron chi connectivity index (χ4n) is 2.90. The number of carbonyl (C=O) groups excluding carboxylic acids is 1. The van der Waals surface area contributed by atoms with E-state index < -0.39 is 5.67 Å². The van der Waals surface area contributed by atoms with Crippen molar-refractivity contribution >= 4 is 11.6 Å². The SMILES string of the molecule is C[C@@H]1CN(C(=O)[C@@]2(F)CCNC2)c2ccccc21. The van der Waals surface area contributed by atoms with Crippen LogP contribution in [0.25, 0.3) is 0 Å². The van der Waals surface area contributed by atoms with E-state index in [9.17, 15) is 9.18 Å². The first-order chi connectivity index (χ1) is 8.62. The van der Waals surface area contributed by atoms with E-state index >= 15 is 0 Å². The van der Waals surface area contributed by atoms with E-state index in [1.807, 2.05) is 24.3 Å². The van der Waals surface area contributed by atoms with Gasteiger partial charge in [-0.05, 0) is 18.2 Å². The second kappa shape index (κ2) is 4.05. The van der Waals surface area contributed by atoms with Crippen LogP contribution in [0.1, 0.15) is 24.8 Å². The highest BCUT2D eigenvalue weighted by Gasteiger charge is 2.46. The minimum atomic E-state index is -1.73. The van der Waals surface area contributed by atoms with Gasteiger partial charge in [0.2, 0.25) is 5.67 Å². The van der Waals surface area contributed by atoms with Crippen LogP contribution in [0.2, 0.25) is 0 Å². The van der Waals surface area contributed by atoms with Gasteiger partial charge in [-0.3, -0.25) is 4.79 Å². The number of anilines is 1. The molecule has 4 heteroatoms. The molecule has 3 nitrogen and oxygen atoms in total. The summed E-state index contributed by atoms with van der Waals surface area (Å²) in [5, 5.41) is 2.93. The first-order valence-corrected chi connectivity index (χ1v) is 6.42. The Labute approximate surface area is 106 Å². The number of benzene rings is 1. The maximum Gasteiger partial charge on any atom is 0.266 e. The monoisotopic (exact) mass is 248 g/mol. The van der Waals surface area contributed by atoms with E-state index in [1.165, 1.54) is 0 Å². The molecular weight excluding hydrogens is 231 g/mol. The lowest BCUT2D eigenvalue weighted by Crippen LogP contribution is -2.47. The summed E-state index contributed by atoms with van der Waals surface area (Å²) in [6.07, 6.45) is 0.277. The zero-order chi connectivity index (χ0) is 12.8. The number of alkyl halides is 1. The molecule has 0 unspecified atom stereocenters. The standard InChI is InChI=1S/C14H17FN2O/c1-10-8-17(12-5-3-2-4-11(10)12)13(18)14(15)6-7-16-9-14/h2-5,10,16H,6-9H2,1H3/t10-,14-/m1/s1. The molecule has 2 aliphatic heterocycles. The molecule has 1 aromatic rings. The third-order valence-corrected chi connectivity index (χ3v) is 3.95. The van der Waals surface area contributed by atoms with Crippen LogP contribution < -0.4 is 10.2 Å². The van der Waals surface area contributed by atoms with Crippen LogP contribution in [0, 0.1) is 0 Å². The van der Waals surface area contributed by atoms with Gasteiger partial charge in [-0.25, -0.2) is 4.39 Å². The Balaban J connectivity index is 1.93. The minimum absolute atomic E-state index is 0.138. The van der Waals surface area contributed by atoms with Crippen LogP contribution >= 0.6 is 0 Å². The Morgan fingerprint density at radius 2 is 2.28 bits per heavy atom. The molecule has 2 heterocycles. The van der Waals surface area contributed by atoms with Crippen molar-refractivity contribution in [2.24, 2.45) is 0 Å². The Morgan fingerprint density at radius 3 is 3.00 bits per heavy atom. The number of nitrogens with one attached hydrogen (secondary N) is 1. The molecule has 0 aromatic heterocycles. The van der Waals surface area contributed by atoms with Gasteiger partial charge >= 0.3 is 0 Å².